The highest BCUT2D eigenvalue weighted by Gasteiger charge is 2.25. The van der Waals surface area contributed by atoms with E-state index >= 15 is 0 Å². The molecule has 1 aromatic heterocycles. The zero-order chi connectivity index (χ0) is 24.8. The van der Waals surface area contributed by atoms with Gasteiger partial charge in [0.1, 0.15) is 6.10 Å². The number of methoxy groups -OCH3 is 1. The molecule has 1 heterocycles. The molecule has 1 N–H and O–H groups in total. The number of benzene rings is 1. The Balaban J connectivity index is 2.01. The lowest BCUT2D eigenvalue weighted by atomic mass is 9.92. The third-order valence-corrected chi connectivity index (χ3v) is 5.68. The smallest absolute Gasteiger partial charge is 0.408 e. The topological polar surface area (TPSA) is 82.6 Å². The largest absolute Gasteiger partial charge is 0.476 e. The van der Waals surface area contributed by atoms with Crippen LogP contribution in [0, 0.1) is 0 Å². The quantitative estimate of drug-likeness (QED) is 0.308. The Kier molecular flexibility index (Phi) is 11.8. The molecule has 0 saturated carbocycles. The second-order valence-corrected chi connectivity index (χ2v) is 9.08. The number of nitrogens with zero attached hydrogens (tertiary/aromatic N) is 2. The minimum absolute atomic E-state index is 0.0378. The molecule has 0 aliphatic carbocycles. The highest BCUT2D eigenvalue weighted by Crippen LogP contribution is 2.26. The second kappa shape index (κ2) is 14.6. The van der Waals surface area contributed by atoms with E-state index in [2.05, 4.69) is 29.1 Å². The van der Waals surface area contributed by atoms with Crippen LogP contribution in [0.2, 0.25) is 0 Å². The summed E-state index contributed by atoms with van der Waals surface area (Å²) < 4.78 is 16.4. The second-order valence-electron chi connectivity index (χ2n) is 9.08. The molecular weight excluding hydrogens is 430 g/mol. The maximum absolute atomic E-state index is 12.7. The number of unbranched alkanes of at least 4 members (excludes halogenated alkanes) is 2. The van der Waals surface area contributed by atoms with Gasteiger partial charge in [0.2, 0.25) is 5.88 Å². The molecular formula is C27H41N3O4. The van der Waals surface area contributed by atoms with Gasteiger partial charge in [-0.25, -0.2) is 14.8 Å². The van der Waals surface area contributed by atoms with Gasteiger partial charge >= 0.3 is 6.09 Å². The number of amides is 1. The molecule has 1 amide bonds. The summed E-state index contributed by atoms with van der Waals surface area (Å²) in [6, 6.07) is 7.95. The summed E-state index contributed by atoms with van der Waals surface area (Å²) in [5.74, 6) is 0.487. The van der Waals surface area contributed by atoms with Crippen LogP contribution in [0.15, 0.2) is 36.7 Å². The Labute approximate surface area is 204 Å². The summed E-state index contributed by atoms with van der Waals surface area (Å²) in [6.07, 6.45) is 9.90. The van der Waals surface area contributed by atoms with Crippen LogP contribution in [0.5, 0.6) is 5.88 Å². The number of aromatic nitrogens is 2. The van der Waals surface area contributed by atoms with Crippen molar-refractivity contribution in [3.63, 3.8) is 0 Å². The lowest BCUT2D eigenvalue weighted by Gasteiger charge is -2.28. The molecule has 7 heteroatoms. The highest BCUT2D eigenvalue weighted by atomic mass is 16.6. The van der Waals surface area contributed by atoms with Crippen molar-refractivity contribution in [3.8, 4) is 17.1 Å². The molecule has 34 heavy (non-hydrogen) atoms. The monoisotopic (exact) mass is 471 g/mol. The van der Waals surface area contributed by atoms with Crippen molar-refractivity contribution in [1.29, 1.82) is 0 Å². The fourth-order valence-electron chi connectivity index (χ4n) is 3.70. The number of nitrogens with one attached hydrogen (secondary N) is 1. The van der Waals surface area contributed by atoms with Gasteiger partial charge in [-0.2, -0.15) is 0 Å². The number of carbonyl (C=O) groups excluding carboxylic acids is 1. The van der Waals surface area contributed by atoms with E-state index < -0.39 is 5.54 Å². The maximum atomic E-state index is 12.7. The van der Waals surface area contributed by atoms with E-state index in [-0.39, 0.29) is 12.2 Å². The number of carbonyl (C=O) groups is 1. The van der Waals surface area contributed by atoms with E-state index in [9.17, 15) is 4.79 Å². The minimum Gasteiger partial charge on any atom is -0.476 e. The normalized spacial score (nSPS) is 12.3. The van der Waals surface area contributed by atoms with Gasteiger partial charge in [-0.05, 0) is 44.7 Å². The SMILES string of the molecule is CCCCCC(CCC)OC(=O)NC(C)(C)c1cccc(-c2cnc(OCCCOC)cn2)c1. The first kappa shape index (κ1) is 27.6. The van der Waals surface area contributed by atoms with E-state index in [0.717, 1.165) is 61.8 Å². The number of alkyl carbamates (subject to hydrolysis) is 1. The van der Waals surface area contributed by atoms with Crippen molar-refractivity contribution >= 4 is 6.09 Å². The molecule has 2 aromatic rings. The van der Waals surface area contributed by atoms with E-state index in [4.69, 9.17) is 14.2 Å². The summed E-state index contributed by atoms with van der Waals surface area (Å²) in [6.45, 7) is 9.42. The fourth-order valence-corrected chi connectivity index (χ4v) is 3.70. The van der Waals surface area contributed by atoms with Crippen molar-refractivity contribution in [2.45, 2.75) is 84.3 Å². The van der Waals surface area contributed by atoms with Crippen LogP contribution < -0.4 is 10.1 Å². The molecule has 0 spiro atoms. The first-order valence-electron chi connectivity index (χ1n) is 12.4. The Morgan fingerprint density at radius 2 is 1.85 bits per heavy atom. The average Bonchev–Trinajstić information content (AvgIpc) is 2.82. The predicted molar refractivity (Wildman–Crippen MR) is 135 cm³/mol. The third-order valence-electron chi connectivity index (χ3n) is 5.68. The lowest BCUT2D eigenvalue weighted by molar-refractivity contribution is 0.0786. The summed E-state index contributed by atoms with van der Waals surface area (Å²) in [5.41, 5.74) is 2.01. The number of hydrogen-bond donors (Lipinski definition) is 1. The Morgan fingerprint density at radius 3 is 2.53 bits per heavy atom. The fraction of sp³-hybridized carbons (Fsp3) is 0.593. The standard InChI is InChI=1S/C27H41N3O4/c1-6-8-9-15-23(12-7-2)34-26(31)30-27(3,4)22-14-10-13-21(18-22)24-19-29-25(20-28-24)33-17-11-16-32-5/h10,13-14,18-20,23H,6-9,11-12,15-17H2,1-5H3,(H,30,31). The first-order chi connectivity index (χ1) is 16.4. The van der Waals surface area contributed by atoms with Crippen LogP contribution in [0.25, 0.3) is 11.3 Å². The average molecular weight is 472 g/mol. The molecule has 1 unspecified atom stereocenters. The van der Waals surface area contributed by atoms with Crippen LogP contribution in [-0.4, -0.2) is 42.5 Å². The zero-order valence-electron chi connectivity index (χ0n) is 21.4. The van der Waals surface area contributed by atoms with Crippen LogP contribution in [0.3, 0.4) is 0 Å². The number of ether oxygens (including phenoxy) is 3. The van der Waals surface area contributed by atoms with Gasteiger partial charge in [0, 0.05) is 25.7 Å². The van der Waals surface area contributed by atoms with Crippen LogP contribution in [0.1, 0.15) is 78.2 Å². The maximum Gasteiger partial charge on any atom is 0.408 e. The van der Waals surface area contributed by atoms with Crippen LogP contribution in [-0.2, 0) is 15.0 Å². The molecule has 0 radical (unpaired) electrons. The van der Waals surface area contributed by atoms with Crippen LogP contribution >= 0.6 is 0 Å². The Hall–Kier alpha value is -2.67. The summed E-state index contributed by atoms with van der Waals surface area (Å²) in [4.78, 5) is 21.5. The van der Waals surface area contributed by atoms with Gasteiger partial charge in [-0.3, -0.25) is 0 Å². The summed E-state index contributed by atoms with van der Waals surface area (Å²) in [5, 5.41) is 3.05. The van der Waals surface area contributed by atoms with E-state index in [1.165, 1.54) is 0 Å². The van der Waals surface area contributed by atoms with Gasteiger partial charge in [0.15, 0.2) is 0 Å². The van der Waals surface area contributed by atoms with Gasteiger partial charge < -0.3 is 19.5 Å². The summed E-state index contributed by atoms with van der Waals surface area (Å²) >= 11 is 0. The molecule has 0 fully saturated rings. The molecule has 0 aliphatic heterocycles. The third kappa shape index (κ3) is 9.29. The molecule has 1 aromatic carbocycles. The highest BCUT2D eigenvalue weighted by molar-refractivity contribution is 5.69. The number of hydrogen-bond acceptors (Lipinski definition) is 6. The van der Waals surface area contributed by atoms with Crippen molar-refractivity contribution < 1.29 is 19.0 Å². The zero-order valence-corrected chi connectivity index (χ0v) is 21.4. The molecule has 7 nitrogen and oxygen atoms in total. The van der Waals surface area contributed by atoms with Crippen molar-refractivity contribution in [2.24, 2.45) is 0 Å². The van der Waals surface area contributed by atoms with Crippen LogP contribution in [0.4, 0.5) is 4.79 Å². The van der Waals surface area contributed by atoms with Gasteiger partial charge in [0.25, 0.3) is 0 Å². The lowest BCUT2D eigenvalue weighted by Crippen LogP contribution is -2.42. The predicted octanol–water partition coefficient (Wildman–Crippen LogP) is 6.27. The van der Waals surface area contributed by atoms with Gasteiger partial charge in [-0.1, -0.05) is 51.3 Å². The minimum atomic E-state index is -0.606. The Bertz CT molecular complexity index is 855. The van der Waals surface area contributed by atoms with E-state index in [0.29, 0.717) is 19.1 Å². The van der Waals surface area contributed by atoms with Crippen molar-refractivity contribution in [2.75, 3.05) is 20.3 Å². The van der Waals surface area contributed by atoms with E-state index in [1.807, 2.05) is 38.1 Å². The summed E-state index contributed by atoms with van der Waals surface area (Å²) in [7, 11) is 1.67. The van der Waals surface area contributed by atoms with Gasteiger partial charge in [0.05, 0.1) is 30.2 Å². The molecule has 1 atom stereocenters. The van der Waals surface area contributed by atoms with Crippen molar-refractivity contribution in [3.05, 3.63) is 42.2 Å². The number of rotatable bonds is 15. The Morgan fingerprint density at radius 1 is 1.03 bits per heavy atom. The molecule has 0 saturated heterocycles. The van der Waals surface area contributed by atoms with E-state index in [1.54, 1.807) is 19.5 Å². The molecule has 2 rings (SSSR count). The molecule has 0 bridgehead atoms. The van der Waals surface area contributed by atoms with Gasteiger partial charge in [-0.15, -0.1) is 0 Å². The van der Waals surface area contributed by atoms with Crippen molar-refractivity contribution in [1.82, 2.24) is 15.3 Å². The molecule has 188 valence electrons. The first-order valence-corrected chi connectivity index (χ1v) is 12.4. The molecule has 0 aliphatic rings.